The van der Waals surface area contributed by atoms with Crippen LogP contribution in [-0.4, -0.2) is 46.8 Å². The molecule has 0 bridgehead atoms. The number of hydrogen-bond acceptors (Lipinski definition) is 6. The first-order valence-electron chi connectivity index (χ1n) is 8.71. The number of rotatable bonds is 5. The molecule has 142 valence electrons. The molecule has 3 rings (SSSR count). The Balaban J connectivity index is 1.64. The van der Waals surface area contributed by atoms with E-state index in [-0.39, 0.29) is 12.5 Å². The minimum absolute atomic E-state index is 0.194. The Morgan fingerprint density at radius 2 is 2.11 bits per heavy atom. The molecule has 6 N–H and O–H groups in total. The highest BCUT2D eigenvalue weighted by molar-refractivity contribution is 5.93. The van der Waals surface area contributed by atoms with Crippen LogP contribution >= 0.6 is 0 Å². The van der Waals surface area contributed by atoms with Gasteiger partial charge in [0.05, 0.1) is 0 Å². The number of aliphatic hydroxyl groups excluding tert-OH is 1. The second-order valence-corrected chi connectivity index (χ2v) is 6.48. The first-order valence-corrected chi connectivity index (χ1v) is 8.71. The highest BCUT2D eigenvalue weighted by Crippen LogP contribution is 2.23. The summed E-state index contributed by atoms with van der Waals surface area (Å²) in [6.07, 6.45) is 4.51. The Labute approximate surface area is 157 Å². The van der Waals surface area contributed by atoms with E-state index in [2.05, 4.69) is 25.5 Å². The summed E-state index contributed by atoms with van der Waals surface area (Å²) >= 11 is 0. The second-order valence-electron chi connectivity index (χ2n) is 6.48. The Morgan fingerprint density at radius 3 is 2.78 bits per heavy atom. The van der Waals surface area contributed by atoms with Gasteiger partial charge in [-0.3, -0.25) is 10.7 Å². The number of benzene rings is 1. The number of amides is 2. The van der Waals surface area contributed by atoms with Gasteiger partial charge in [0.15, 0.2) is 5.96 Å². The van der Waals surface area contributed by atoms with Crippen molar-refractivity contribution in [2.75, 3.05) is 24.6 Å². The summed E-state index contributed by atoms with van der Waals surface area (Å²) in [7, 11) is 0. The third-order valence-electron chi connectivity index (χ3n) is 4.43. The maximum Gasteiger partial charge on any atom is 0.321 e. The van der Waals surface area contributed by atoms with Crippen molar-refractivity contribution in [3.05, 3.63) is 42.2 Å². The quantitative estimate of drug-likeness (QED) is 0.387. The number of nitrogens with two attached hydrogens (primary N) is 1. The zero-order valence-electron chi connectivity index (χ0n) is 14.9. The van der Waals surface area contributed by atoms with Crippen molar-refractivity contribution < 1.29 is 9.90 Å². The van der Waals surface area contributed by atoms with Crippen LogP contribution in [0.25, 0.3) is 11.1 Å². The summed E-state index contributed by atoms with van der Waals surface area (Å²) in [6, 6.07) is 7.17. The van der Waals surface area contributed by atoms with Crippen LogP contribution in [0.4, 0.5) is 10.7 Å². The first-order chi connectivity index (χ1) is 13.0. The topological polar surface area (TPSA) is 140 Å². The number of nitrogens with one attached hydrogen (secondary N) is 3. The van der Waals surface area contributed by atoms with Gasteiger partial charge in [-0.05, 0) is 23.6 Å². The van der Waals surface area contributed by atoms with Crippen LogP contribution < -0.4 is 21.3 Å². The number of carbonyl (C=O) groups is 1. The van der Waals surface area contributed by atoms with E-state index < -0.39 is 12.0 Å². The van der Waals surface area contributed by atoms with Crippen LogP contribution in [0.2, 0.25) is 0 Å². The van der Waals surface area contributed by atoms with Crippen molar-refractivity contribution in [1.82, 2.24) is 20.6 Å². The van der Waals surface area contributed by atoms with Crippen LogP contribution in [0.15, 0.2) is 36.7 Å². The lowest BCUT2D eigenvalue weighted by Gasteiger charge is -2.16. The third kappa shape index (κ3) is 4.91. The Bertz CT molecular complexity index is 810. The summed E-state index contributed by atoms with van der Waals surface area (Å²) in [5, 5.41) is 21.1. The normalized spacial score (nSPS) is 16.2. The minimum Gasteiger partial charge on any atom is -0.396 e. The average Bonchev–Trinajstić information content (AvgIpc) is 3.15. The molecule has 1 atom stereocenters. The molecule has 1 aliphatic heterocycles. The summed E-state index contributed by atoms with van der Waals surface area (Å²) in [4.78, 5) is 22.5. The van der Waals surface area contributed by atoms with E-state index in [4.69, 9.17) is 11.1 Å². The first kappa shape index (κ1) is 18.6. The molecule has 0 aliphatic carbocycles. The van der Waals surface area contributed by atoms with Crippen molar-refractivity contribution in [2.24, 2.45) is 11.7 Å². The number of aromatic nitrogens is 2. The molecule has 1 saturated heterocycles. The molecule has 2 aromatic rings. The van der Waals surface area contributed by atoms with Crippen LogP contribution in [-0.2, 0) is 6.54 Å². The summed E-state index contributed by atoms with van der Waals surface area (Å²) < 4.78 is 0. The number of guanidine groups is 1. The molecule has 2 amide bonds. The number of anilines is 1. The van der Waals surface area contributed by atoms with E-state index in [1.54, 1.807) is 12.4 Å². The molecule has 9 heteroatoms. The smallest absolute Gasteiger partial charge is 0.321 e. The predicted octanol–water partition coefficient (Wildman–Crippen LogP) is 0.655. The van der Waals surface area contributed by atoms with Gasteiger partial charge in [-0.25, -0.2) is 14.8 Å². The molecule has 2 heterocycles. The summed E-state index contributed by atoms with van der Waals surface area (Å²) in [6.45, 7) is 2.13. The van der Waals surface area contributed by atoms with Gasteiger partial charge >= 0.3 is 6.03 Å². The molecular weight excluding hydrogens is 346 g/mol. The molecular formula is C18H23N7O2. The number of hydrogen-bond donors (Lipinski definition) is 5. The molecule has 1 aromatic heterocycles. The standard InChI is InChI=1S/C18H23N7O2/c19-16(20)24-18(27)23-7-12-2-1-3-14(6-12)15-8-21-17(22-9-15)25-5-4-13(10-25)11-26/h1-3,6,8-9,13,26H,4-5,7,10-11H2,(H5,19,20,23,24,27). The van der Waals surface area contributed by atoms with E-state index >= 15 is 0 Å². The largest absolute Gasteiger partial charge is 0.396 e. The number of urea groups is 1. The van der Waals surface area contributed by atoms with E-state index in [0.717, 1.165) is 36.2 Å². The summed E-state index contributed by atoms with van der Waals surface area (Å²) in [5.41, 5.74) is 7.85. The third-order valence-corrected chi connectivity index (χ3v) is 4.43. The van der Waals surface area contributed by atoms with E-state index in [1.807, 2.05) is 24.3 Å². The van der Waals surface area contributed by atoms with E-state index in [9.17, 15) is 9.90 Å². The lowest BCUT2D eigenvalue weighted by atomic mass is 10.1. The maximum absolute atomic E-state index is 11.5. The van der Waals surface area contributed by atoms with Crippen molar-refractivity contribution in [1.29, 1.82) is 5.41 Å². The second kappa shape index (κ2) is 8.45. The molecule has 1 aromatic carbocycles. The van der Waals surface area contributed by atoms with Crippen LogP contribution in [0.5, 0.6) is 0 Å². The van der Waals surface area contributed by atoms with Crippen LogP contribution in [0.1, 0.15) is 12.0 Å². The zero-order valence-corrected chi connectivity index (χ0v) is 14.9. The number of carbonyl (C=O) groups excluding carboxylic acids is 1. The molecule has 9 nitrogen and oxygen atoms in total. The zero-order chi connectivity index (χ0) is 19.2. The average molecular weight is 369 g/mol. The lowest BCUT2D eigenvalue weighted by molar-refractivity contribution is 0.238. The van der Waals surface area contributed by atoms with Gasteiger partial charge in [0.25, 0.3) is 0 Å². The summed E-state index contributed by atoms with van der Waals surface area (Å²) in [5.74, 6) is 0.563. The highest BCUT2D eigenvalue weighted by atomic mass is 16.3. The monoisotopic (exact) mass is 369 g/mol. The molecule has 1 fully saturated rings. The predicted molar refractivity (Wildman–Crippen MR) is 102 cm³/mol. The van der Waals surface area contributed by atoms with Crippen molar-refractivity contribution in [3.63, 3.8) is 0 Å². The van der Waals surface area contributed by atoms with Crippen LogP contribution in [0.3, 0.4) is 0 Å². The SMILES string of the molecule is N=C(N)NC(=O)NCc1cccc(-c2cnc(N3CCC(CO)C3)nc2)c1. The molecule has 0 spiro atoms. The Hall–Kier alpha value is -3.20. The number of aliphatic hydroxyl groups is 1. The van der Waals surface area contributed by atoms with Crippen molar-refractivity contribution >= 4 is 17.9 Å². The minimum atomic E-state index is -0.521. The fourth-order valence-electron chi connectivity index (χ4n) is 3.01. The van der Waals surface area contributed by atoms with E-state index in [0.29, 0.717) is 12.5 Å². The fraction of sp³-hybridized carbons (Fsp3) is 0.333. The number of nitrogens with zero attached hydrogens (tertiary/aromatic N) is 3. The molecule has 1 aliphatic rings. The fourth-order valence-corrected chi connectivity index (χ4v) is 3.01. The Kier molecular flexibility index (Phi) is 5.82. The molecule has 27 heavy (non-hydrogen) atoms. The van der Waals surface area contributed by atoms with Gasteiger partial charge in [0, 0.05) is 50.1 Å². The van der Waals surface area contributed by atoms with Gasteiger partial charge in [-0.2, -0.15) is 0 Å². The van der Waals surface area contributed by atoms with Gasteiger partial charge in [0.1, 0.15) is 0 Å². The molecule has 0 saturated carbocycles. The van der Waals surface area contributed by atoms with Crippen molar-refractivity contribution in [3.8, 4) is 11.1 Å². The molecule has 0 radical (unpaired) electrons. The van der Waals surface area contributed by atoms with E-state index in [1.165, 1.54) is 0 Å². The molecule has 1 unspecified atom stereocenters. The van der Waals surface area contributed by atoms with Gasteiger partial charge in [0.2, 0.25) is 5.95 Å². The lowest BCUT2D eigenvalue weighted by Crippen LogP contribution is -2.42. The van der Waals surface area contributed by atoms with Gasteiger partial charge < -0.3 is 21.1 Å². The van der Waals surface area contributed by atoms with Crippen LogP contribution in [0, 0.1) is 11.3 Å². The highest BCUT2D eigenvalue weighted by Gasteiger charge is 2.23. The Morgan fingerprint density at radius 1 is 1.33 bits per heavy atom. The van der Waals surface area contributed by atoms with Gasteiger partial charge in [-0.1, -0.05) is 18.2 Å². The van der Waals surface area contributed by atoms with Crippen molar-refractivity contribution in [2.45, 2.75) is 13.0 Å². The maximum atomic E-state index is 11.5. The van der Waals surface area contributed by atoms with Gasteiger partial charge in [-0.15, -0.1) is 0 Å².